The number of carbonyl (C=O) groups excluding carboxylic acids is 1. The Hall–Kier alpha value is -3.27. The lowest BCUT2D eigenvalue weighted by Gasteiger charge is -2.19. The molecule has 1 fully saturated rings. The molecule has 1 atom stereocenters. The molecule has 0 unspecified atom stereocenters. The molecule has 0 spiro atoms. The molecule has 0 radical (unpaired) electrons. The highest BCUT2D eigenvalue weighted by molar-refractivity contribution is 5.78. The maximum absolute atomic E-state index is 14.4. The first-order valence-corrected chi connectivity index (χ1v) is 9.32. The van der Waals surface area contributed by atoms with Crippen LogP contribution in [0.4, 0.5) is 9.18 Å². The second-order valence-corrected chi connectivity index (χ2v) is 6.85. The fourth-order valence-electron chi connectivity index (χ4n) is 3.48. The lowest BCUT2D eigenvalue weighted by Crippen LogP contribution is -2.36. The number of nitrogens with one attached hydrogen (secondary N) is 2. The first kappa shape index (κ1) is 19.1. The van der Waals surface area contributed by atoms with Crippen LogP contribution in [0.2, 0.25) is 0 Å². The number of cyclic esters (lactones) is 1. The van der Waals surface area contributed by atoms with Gasteiger partial charge in [-0.25, -0.2) is 9.18 Å². The van der Waals surface area contributed by atoms with Gasteiger partial charge in [0.05, 0.1) is 36.5 Å². The zero-order valence-corrected chi connectivity index (χ0v) is 15.9. The molecule has 0 aromatic carbocycles. The van der Waals surface area contributed by atoms with Gasteiger partial charge in [0.25, 0.3) is 5.56 Å². The third-order valence-corrected chi connectivity index (χ3v) is 4.95. The molecule has 4 rings (SSSR count). The molecule has 9 nitrogen and oxygen atoms in total. The van der Waals surface area contributed by atoms with Gasteiger partial charge in [0, 0.05) is 31.4 Å². The molecule has 0 saturated carbocycles. The highest BCUT2D eigenvalue weighted by atomic mass is 19.1. The number of hydrogen-bond acceptors (Lipinski definition) is 7. The average Bonchev–Trinajstić information content (AvgIpc) is 3.10. The van der Waals surface area contributed by atoms with Crippen LogP contribution in [0.1, 0.15) is 5.56 Å². The van der Waals surface area contributed by atoms with Crippen molar-refractivity contribution in [2.45, 2.75) is 12.5 Å². The third kappa shape index (κ3) is 3.83. The lowest BCUT2D eigenvalue weighted by atomic mass is 10.1. The quantitative estimate of drug-likeness (QED) is 0.685. The number of aromatic nitrogens is 2. The van der Waals surface area contributed by atoms with Gasteiger partial charge in [-0.15, -0.1) is 0 Å². The van der Waals surface area contributed by atoms with Crippen LogP contribution in [0.15, 0.2) is 40.1 Å². The smallest absolute Gasteiger partial charge is 0.415 e. The summed E-state index contributed by atoms with van der Waals surface area (Å²) in [6.45, 7) is 1.86. The monoisotopic (exact) mass is 400 g/mol. The van der Waals surface area contributed by atoms with Crippen LogP contribution in [-0.2, 0) is 18.2 Å². The van der Waals surface area contributed by atoms with Crippen molar-refractivity contribution >= 4 is 23.3 Å². The third-order valence-electron chi connectivity index (χ3n) is 4.95. The average molecular weight is 400 g/mol. The Morgan fingerprint density at radius 1 is 1.38 bits per heavy atom. The SMILES string of the molecule is Cn1c(=O)ccc2ncc(F)c(CCNC[C@H]3CN(C4=CN=CCN4)C(=O)O3)c21. The summed E-state index contributed by atoms with van der Waals surface area (Å²) in [4.78, 5) is 33.6. The summed E-state index contributed by atoms with van der Waals surface area (Å²) < 4.78 is 21.1. The summed E-state index contributed by atoms with van der Waals surface area (Å²) >= 11 is 0. The van der Waals surface area contributed by atoms with Crippen molar-refractivity contribution in [1.29, 1.82) is 0 Å². The van der Waals surface area contributed by atoms with E-state index in [-0.39, 0.29) is 11.7 Å². The Morgan fingerprint density at radius 3 is 3.03 bits per heavy atom. The Kier molecular flexibility index (Phi) is 5.26. The number of nitrogens with zero attached hydrogens (tertiary/aromatic N) is 4. The summed E-state index contributed by atoms with van der Waals surface area (Å²) in [7, 11) is 1.60. The predicted octanol–water partition coefficient (Wildman–Crippen LogP) is 0.498. The molecule has 2 aromatic rings. The van der Waals surface area contributed by atoms with E-state index in [0.717, 1.165) is 0 Å². The number of aryl methyl sites for hydroxylation is 1. The largest absolute Gasteiger partial charge is 0.443 e. The van der Waals surface area contributed by atoms with Crippen molar-refractivity contribution in [2.75, 3.05) is 26.2 Å². The van der Waals surface area contributed by atoms with Crippen molar-refractivity contribution in [3.05, 3.63) is 52.1 Å². The number of carbonyl (C=O) groups is 1. The van der Waals surface area contributed by atoms with Gasteiger partial charge in [0.1, 0.15) is 17.7 Å². The maximum Gasteiger partial charge on any atom is 0.415 e. The summed E-state index contributed by atoms with van der Waals surface area (Å²) in [6.07, 6.45) is 4.09. The van der Waals surface area contributed by atoms with E-state index in [0.29, 0.717) is 55.0 Å². The van der Waals surface area contributed by atoms with E-state index in [1.54, 1.807) is 25.5 Å². The van der Waals surface area contributed by atoms with Crippen LogP contribution in [-0.4, -0.2) is 59.0 Å². The second kappa shape index (κ2) is 8.00. The molecule has 2 aliphatic rings. The zero-order chi connectivity index (χ0) is 20.4. The van der Waals surface area contributed by atoms with E-state index >= 15 is 0 Å². The predicted molar refractivity (Wildman–Crippen MR) is 105 cm³/mol. The highest BCUT2D eigenvalue weighted by Crippen LogP contribution is 2.19. The fraction of sp³-hybridized carbons (Fsp3) is 0.368. The summed E-state index contributed by atoms with van der Waals surface area (Å²) in [5, 5.41) is 6.27. The van der Waals surface area contributed by atoms with Crippen molar-refractivity contribution in [2.24, 2.45) is 12.0 Å². The van der Waals surface area contributed by atoms with Crippen LogP contribution < -0.4 is 16.2 Å². The number of fused-ring (bicyclic) bond motifs is 1. The zero-order valence-electron chi connectivity index (χ0n) is 15.9. The number of aliphatic imine (C=N–C) groups is 1. The molecular weight excluding hydrogens is 379 g/mol. The molecule has 152 valence electrons. The Morgan fingerprint density at radius 2 is 2.24 bits per heavy atom. The molecule has 29 heavy (non-hydrogen) atoms. The molecule has 2 aliphatic heterocycles. The lowest BCUT2D eigenvalue weighted by molar-refractivity contribution is 0.133. The van der Waals surface area contributed by atoms with E-state index in [1.165, 1.54) is 21.7 Å². The van der Waals surface area contributed by atoms with Crippen molar-refractivity contribution in [3.8, 4) is 0 Å². The molecular formula is C19H21FN6O3. The summed E-state index contributed by atoms with van der Waals surface area (Å²) in [6, 6.07) is 3.01. The van der Waals surface area contributed by atoms with Crippen LogP contribution >= 0.6 is 0 Å². The van der Waals surface area contributed by atoms with E-state index in [9.17, 15) is 14.0 Å². The number of ether oxygens (including phenoxy) is 1. The summed E-state index contributed by atoms with van der Waals surface area (Å²) in [5.41, 5.74) is 1.28. The van der Waals surface area contributed by atoms with Crippen molar-refractivity contribution < 1.29 is 13.9 Å². The molecule has 0 bridgehead atoms. The van der Waals surface area contributed by atoms with Gasteiger partial charge in [-0.2, -0.15) is 0 Å². The van der Waals surface area contributed by atoms with E-state index in [1.807, 2.05) is 0 Å². The minimum Gasteiger partial charge on any atom is -0.443 e. The van der Waals surface area contributed by atoms with Crippen LogP contribution in [0.5, 0.6) is 0 Å². The molecule has 1 saturated heterocycles. The minimum absolute atomic E-state index is 0.216. The Balaban J connectivity index is 1.37. The van der Waals surface area contributed by atoms with Gasteiger partial charge in [0.15, 0.2) is 0 Å². The standard InChI is InChI=1S/C19H21FN6O3/c1-25-17(27)3-2-15-18(25)13(14(20)9-24-15)4-5-21-8-12-11-26(19(28)29-12)16-10-22-6-7-23-16/h2-3,6,9-10,12,21,23H,4-5,7-8,11H2,1H3/t12-/m0/s1. The number of halogens is 1. The van der Waals surface area contributed by atoms with E-state index in [2.05, 4.69) is 20.6 Å². The fourth-order valence-corrected chi connectivity index (χ4v) is 3.48. The van der Waals surface area contributed by atoms with Crippen molar-refractivity contribution in [1.82, 2.24) is 25.1 Å². The molecule has 10 heteroatoms. The molecule has 0 aliphatic carbocycles. The number of amides is 1. The minimum atomic E-state index is -0.449. The maximum atomic E-state index is 14.4. The van der Waals surface area contributed by atoms with Crippen molar-refractivity contribution in [3.63, 3.8) is 0 Å². The van der Waals surface area contributed by atoms with Gasteiger partial charge in [-0.05, 0) is 19.0 Å². The van der Waals surface area contributed by atoms with Crippen LogP contribution in [0, 0.1) is 5.82 Å². The molecule has 4 heterocycles. The van der Waals surface area contributed by atoms with Gasteiger partial charge in [0.2, 0.25) is 0 Å². The number of rotatable bonds is 6. The highest BCUT2D eigenvalue weighted by Gasteiger charge is 2.33. The topological polar surface area (TPSA) is 101 Å². The normalized spacial score (nSPS) is 18.7. The van der Waals surface area contributed by atoms with Crippen LogP contribution in [0.25, 0.3) is 11.0 Å². The molecule has 1 amide bonds. The Bertz CT molecular complexity index is 1060. The van der Waals surface area contributed by atoms with Gasteiger partial charge >= 0.3 is 6.09 Å². The molecule has 2 aromatic heterocycles. The first-order chi connectivity index (χ1) is 14.0. The van der Waals surface area contributed by atoms with Gasteiger partial charge < -0.3 is 19.9 Å². The van der Waals surface area contributed by atoms with E-state index < -0.39 is 11.9 Å². The number of pyridine rings is 2. The van der Waals surface area contributed by atoms with E-state index in [4.69, 9.17) is 4.74 Å². The first-order valence-electron chi connectivity index (χ1n) is 9.32. The van der Waals surface area contributed by atoms with Gasteiger partial charge in [-0.3, -0.25) is 19.7 Å². The summed E-state index contributed by atoms with van der Waals surface area (Å²) in [5.74, 6) is 0.168. The molecule has 2 N–H and O–H groups in total. The Labute approximate surface area is 165 Å². The second-order valence-electron chi connectivity index (χ2n) is 6.85. The van der Waals surface area contributed by atoms with Gasteiger partial charge in [-0.1, -0.05) is 0 Å². The van der Waals surface area contributed by atoms with Crippen LogP contribution in [0.3, 0.4) is 0 Å². The number of hydrogen-bond donors (Lipinski definition) is 2.